The zero-order chi connectivity index (χ0) is 38.8. The first-order chi connectivity index (χ1) is 26.9. The monoisotopic (exact) mass is 733 g/mol. The van der Waals surface area contributed by atoms with Crippen molar-refractivity contribution in [2.24, 2.45) is 0 Å². The van der Waals surface area contributed by atoms with E-state index < -0.39 is 0 Å². The third-order valence-corrected chi connectivity index (χ3v) is 10.9. The van der Waals surface area contributed by atoms with Crippen LogP contribution >= 0.6 is 0 Å². The highest BCUT2D eigenvalue weighted by Crippen LogP contribution is 2.52. The van der Waals surface area contributed by atoms with Crippen LogP contribution in [0, 0.1) is 6.92 Å². The van der Waals surface area contributed by atoms with Gasteiger partial charge in [-0.15, -0.1) is 0 Å². The predicted octanol–water partition coefficient (Wildman–Crippen LogP) is 13.5. The van der Waals surface area contributed by atoms with Gasteiger partial charge in [0.15, 0.2) is 0 Å². The number of pyridine rings is 2. The molecule has 5 aromatic carbocycles. The molecule has 0 atom stereocenters. The second-order valence-electron chi connectivity index (χ2n) is 16.9. The predicted molar refractivity (Wildman–Crippen MR) is 232 cm³/mol. The fourth-order valence-electron chi connectivity index (χ4n) is 8.02. The maximum absolute atomic E-state index is 6.80. The Hall–Kier alpha value is -6.40. The van der Waals surface area contributed by atoms with Crippen LogP contribution in [0.2, 0.25) is 0 Å². The molecule has 0 unspecified atom stereocenters. The molecule has 0 fully saturated rings. The Labute approximate surface area is 330 Å². The molecule has 4 heterocycles. The zero-order valence-corrected chi connectivity index (χ0v) is 33.2. The molecule has 0 radical (unpaired) electrons. The molecule has 0 bridgehead atoms. The molecule has 0 amide bonds. The average Bonchev–Trinajstić information content (AvgIpc) is 3.52. The average molecular weight is 734 g/mol. The number of aryl methyl sites for hydroxylation is 1. The summed E-state index contributed by atoms with van der Waals surface area (Å²) in [5.41, 5.74) is 13.6. The second kappa shape index (κ2) is 13.4. The minimum Gasteiger partial charge on any atom is -0.457 e. The van der Waals surface area contributed by atoms with Gasteiger partial charge in [0.05, 0.1) is 22.7 Å². The molecular weight excluding hydrogens is 687 g/mol. The summed E-state index contributed by atoms with van der Waals surface area (Å²) in [4.78, 5) is 17.0. The van der Waals surface area contributed by atoms with E-state index in [4.69, 9.17) is 14.7 Å². The largest absolute Gasteiger partial charge is 0.457 e. The Bertz CT molecular complexity index is 2620. The van der Waals surface area contributed by atoms with Gasteiger partial charge in [-0.25, -0.2) is 9.97 Å². The van der Waals surface area contributed by atoms with E-state index in [9.17, 15) is 0 Å². The Morgan fingerprint density at radius 2 is 1.18 bits per heavy atom. The van der Waals surface area contributed by atoms with Crippen molar-refractivity contribution in [2.45, 2.75) is 59.3 Å². The van der Waals surface area contributed by atoms with Gasteiger partial charge in [0.2, 0.25) is 0 Å². The van der Waals surface area contributed by atoms with Crippen LogP contribution in [0.5, 0.6) is 11.5 Å². The number of rotatable bonds is 5. The number of ether oxygens (including phenoxy) is 1. The van der Waals surface area contributed by atoms with Gasteiger partial charge < -0.3 is 14.5 Å². The molecule has 6 nitrogen and oxygen atoms in total. The lowest BCUT2D eigenvalue weighted by Crippen LogP contribution is -2.27. The van der Waals surface area contributed by atoms with Gasteiger partial charge in [-0.2, -0.15) is 0 Å². The van der Waals surface area contributed by atoms with Crippen molar-refractivity contribution in [3.63, 3.8) is 0 Å². The van der Waals surface area contributed by atoms with Gasteiger partial charge in [0.1, 0.15) is 29.8 Å². The smallest absolute Gasteiger partial charge is 0.138 e. The molecule has 6 heteroatoms. The first-order valence-electron chi connectivity index (χ1n) is 19.4. The van der Waals surface area contributed by atoms with Crippen LogP contribution < -0.4 is 19.4 Å². The van der Waals surface area contributed by atoms with Crippen LogP contribution in [-0.4, -0.2) is 16.6 Å². The summed E-state index contributed by atoms with van der Waals surface area (Å²) in [5, 5.41) is 0. The van der Waals surface area contributed by atoms with Crippen LogP contribution in [-0.2, 0) is 10.8 Å². The minimum absolute atomic E-state index is 0.0385. The van der Waals surface area contributed by atoms with Crippen molar-refractivity contribution in [3.8, 4) is 33.8 Å². The Morgan fingerprint density at radius 1 is 0.536 bits per heavy atom. The van der Waals surface area contributed by atoms with Crippen LogP contribution in [0.3, 0.4) is 0 Å². The van der Waals surface area contributed by atoms with Crippen LogP contribution in [0.1, 0.15) is 58.2 Å². The van der Waals surface area contributed by atoms with Crippen LogP contribution in [0.25, 0.3) is 22.3 Å². The van der Waals surface area contributed by atoms with E-state index in [1.54, 1.807) is 0 Å². The van der Waals surface area contributed by atoms with E-state index in [-0.39, 0.29) is 10.8 Å². The number of para-hydroxylation sites is 3. The highest BCUT2D eigenvalue weighted by molar-refractivity contribution is 6.02. The molecule has 9 rings (SSSR count). The first-order valence-corrected chi connectivity index (χ1v) is 19.4. The molecule has 2 aromatic heterocycles. The quantitative estimate of drug-likeness (QED) is 0.175. The minimum atomic E-state index is -0.0659. The normalized spacial score (nSPS) is 13.4. The van der Waals surface area contributed by atoms with Crippen molar-refractivity contribution >= 4 is 40.1 Å². The highest BCUT2D eigenvalue weighted by Gasteiger charge is 2.33. The van der Waals surface area contributed by atoms with Gasteiger partial charge in [0.25, 0.3) is 0 Å². The van der Waals surface area contributed by atoms with Crippen LogP contribution in [0.15, 0.2) is 146 Å². The summed E-state index contributed by atoms with van der Waals surface area (Å²) in [6, 6.07) is 47.3. The lowest BCUT2D eigenvalue weighted by Gasteiger charge is -2.28. The SMILES string of the molecule is Cc1cnc(N2CN(c3cccc(Oc4ccc5c(c4)N(c4cc(C(C)(C)C)ccn4)c4ccccc4-c4ccccc4-5)c3)c3ccccc32)c(C(C)(C)C)c1. The summed E-state index contributed by atoms with van der Waals surface area (Å²) >= 11 is 0. The molecule has 0 aliphatic carbocycles. The summed E-state index contributed by atoms with van der Waals surface area (Å²) < 4.78 is 6.80. The van der Waals surface area contributed by atoms with Crippen molar-refractivity contribution in [1.82, 2.24) is 9.97 Å². The van der Waals surface area contributed by atoms with E-state index in [0.29, 0.717) is 6.67 Å². The van der Waals surface area contributed by atoms with E-state index in [1.165, 1.54) is 22.3 Å². The molecule has 56 heavy (non-hydrogen) atoms. The summed E-state index contributed by atoms with van der Waals surface area (Å²) in [7, 11) is 0. The molecule has 7 aromatic rings. The standard InChI is InChI=1S/C50H47N5O/c1-33-27-42(50(5,6)7)48(52-31-33)54-32-53(44-21-12-13-22-45(44)54)35-15-14-16-36(29-35)56-37-23-24-41-39-18-9-8-17-38(39)40-19-10-11-20-43(40)55(46(41)30-37)47-28-34(25-26-51-47)49(2,3)4/h8-31H,32H2,1-7H3. The van der Waals surface area contributed by atoms with Crippen LogP contribution in [0.4, 0.5) is 40.1 Å². The molecule has 0 N–H and O–H groups in total. The molecule has 2 aliphatic rings. The summed E-state index contributed by atoms with van der Waals surface area (Å²) in [6.07, 6.45) is 3.90. The topological polar surface area (TPSA) is 44.7 Å². The fourth-order valence-corrected chi connectivity index (χ4v) is 8.02. The summed E-state index contributed by atoms with van der Waals surface area (Å²) in [6.45, 7) is 16.2. The number of hydrogen-bond acceptors (Lipinski definition) is 6. The number of hydrogen-bond donors (Lipinski definition) is 0. The molecule has 0 spiro atoms. The first kappa shape index (κ1) is 35.3. The molecular formula is C50H47N5O. The third-order valence-electron chi connectivity index (χ3n) is 10.9. The lowest BCUT2D eigenvalue weighted by atomic mass is 9.86. The van der Waals surface area contributed by atoms with Gasteiger partial charge in [-0.3, -0.25) is 4.90 Å². The molecule has 0 saturated heterocycles. The highest BCUT2D eigenvalue weighted by atomic mass is 16.5. The van der Waals surface area contributed by atoms with Gasteiger partial charge >= 0.3 is 0 Å². The van der Waals surface area contributed by atoms with Gasteiger partial charge in [0, 0.05) is 46.9 Å². The van der Waals surface area contributed by atoms with Crippen molar-refractivity contribution in [1.29, 1.82) is 0 Å². The van der Waals surface area contributed by atoms with E-state index >= 15 is 0 Å². The molecule has 278 valence electrons. The lowest BCUT2D eigenvalue weighted by molar-refractivity contribution is 0.483. The number of aromatic nitrogens is 2. The fraction of sp³-hybridized carbons (Fsp3) is 0.200. The van der Waals surface area contributed by atoms with Gasteiger partial charge in [-0.1, -0.05) is 108 Å². The third kappa shape index (κ3) is 6.25. The zero-order valence-electron chi connectivity index (χ0n) is 33.2. The Morgan fingerprint density at radius 3 is 1.89 bits per heavy atom. The number of nitrogens with zero attached hydrogens (tertiary/aromatic N) is 5. The number of benzene rings is 5. The maximum atomic E-state index is 6.80. The second-order valence-corrected chi connectivity index (χ2v) is 16.9. The van der Waals surface area contributed by atoms with E-state index in [1.807, 2.05) is 18.5 Å². The van der Waals surface area contributed by atoms with Gasteiger partial charge in [-0.05, 0) is 94.6 Å². The molecule has 0 saturated carbocycles. The molecule has 2 aliphatic heterocycles. The van der Waals surface area contributed by atoms with Crippen molar-refractivity contribution in [3.05, 3.63) is 163 Å². The van der Waals surface area contributed by atoms with Crippen molar-refractivity contribution in [2.75, 3.05) is 21.4 Å². The number of anilines is 7. The van der Waals surface area contributed by atoms with Crippen molar-refractivity contribution < 1.29 is 4.74 Å². The Kier molecular flexibility index (Phi) is 8.46. The summed E-state index contributed by atoms with van der Waals surface area (Å²) in [5.74, 6) is 3.37. The van der Waals surface area contributed by atoms with E-state index in [0.717, 1.165) is 68.3 Å². The van der Waals surface area contributed by atoms with E-state index in [2.05, 4.69) is 191 Å². The maximum Gasteiger partial charge on any atom is 0.138 e. The number of fused-ring (bicyclic) bond motifs is 6. The Balaban J connectivity index is 1.11.